The molecular formula is C12H16N2O4. The van der Waals surface area contributed by atoms with Gasteiger partial charge in [-0.2, -0.15) is 0 Å². The number of anilines is 1. The first-order chi connectivity index (χ1) is 8.69. The molecule has 1 aromatic rings. The maximum Gasteiger partial charge on any atom is 0.333 e. The average Bonchev–Trinajstić information content (AvgIpc) is 2.85. The molecule has 1 saturated heterocycles. The summed E-state index contributed by atoms with van der Waals surface area (Å²) < 4.78 is 5.04. The molecule has 1 aliphatic rings. The summed E-state index contributed by atoms with van der Waals surface area (Å²) >= 11 is 0. The maximum absolute atomic E-state index is 11.2. The second kappa shape index (κ2) is 5.22. The van der Waals surface area contributed by atoms with Gasteiger partial charge < -0.3 is 14.7 Å². The van der Waals surface area contributed by atoms with E-state index < -0.39 is 4.92 Å². The van der Waals surface area contributed by atoms with Gasteiger partial charge in [0.15, 0.2) is 5.75 Å². The third-order valence-corrected chi connectivity index (χ3v) is 3.28. The van der Waals surface area contributed by atoms with Gasteiger partial charge in [-0.25, -0.2) is 0 Å². The van der Waals surface area contributed by atoms with Gasteiger partial charge in [0.2, 0.25) is 0 Å². The Kier molecular flexibility index (Phi) is 3.66. The third kappa shape index (κ3) is 2.11. The minimum atomic E-state index is -0.430. The van der Waals surface area contributed by atoms with Crippen molar-refractivity contribution in [2.24, 2.45) is 0 Å². The molecule has 1 heterocycles. The van der Waals surface area contributed by atoms with Crippen molar-refractivity contribution < 1.29 is 14.8 Å². The highest BCUT2D eigenvalue weighted by atomic mass is 16.6. The molecule has 98 valence electrons. The van der Waals surface area contributed by atoms with Crippen LogP contribution in [0.25, 0.3) is 0 Å². The van der Waals surface area contributed by atoms with Crippen LogP contribution < -0.4 is 9.64 Å². The van der Waals surface area contributed by atoms with Crippen molar-refractivity contribution in [3.63, 3.8) is 0 Å². The zero-order valence-electron chi connectivity index (χ0n) is 10.2. The van der Waals surface area contributed by atoms with Crippen molar-refractivity contribution in [1.82, 2.24) is 0 Å². The van der Waals surface area contributed by atoms with E-state index in [1.807, 2.05) is 4.90 Å². The normalized spacial score (nSPS) is 19.0. The minimum absolute atomic E-state index is 0.00830. The molecule has 1 aromatic carbocycles. The van der Waals surface area contributed by atoms with Gasteiger partial charge in [-0.3, -0.25) is 10.1 Å². The van der Waals surface area contributed by atoms with Crippen LogP contribution in [0.2, 0.25) is 0 Å². The quantitative estimate of drug-likeness (QED) is 0.650. The van der Waals surface area contributed by atoms with Crippen LogP contribution in [0, 0.1) is 10.1 Å². The number of rotatable bonds is 4. The van der Waals surface area contributed by atoms with Crippen LogP contribution in [0.5, 0.6) is 5.75 Å². The monoisotopic (exact) mass is 252 g/mol. The van der Waals surface area contributed by atoms with Gasteiger partial charge in [-0.05, 0) is 25.0 Å². The van der Waals surface area contributed by atoms with E-state index in [1.54, 1.807) is 18.2 Å². The number of benzene rings is 1. The Hall–Kier alpha value is -1.82. The number of aliphatic hydroxyl groups excluding tert-OH is 1. The molecule has 18 heavy (non-hydrogen) atoms. The predicted octanol–water partition coefficient (Wildman–Crippen LogP) is 1.56. The Morgan fingerprint density at radius 2 is 2.39 bits per heavy atom. The van der Waals surface area contributed by atoms with E-state index in [2.05, 4.69) is 0 Å². The van der Waals surface area contributed by atoms with Crippen LogP contribution in [0.15, 0.2) is 18.2 Å². The number of hydrogen-bond donors (Lipinski definition) is 1. The van der Waals surface area contributed by atoms with E-state index in [-0.39, 0.29) is 24.1 Å². The van der Waals surface area contributed by atoms with Crippen molar-refractivity contribution in [2.45, 2.75) is 18.9 Å². The first-order valence-corrected chi connectivity index (χ1v) is 5.88. The fourth-order valence-electron chi connectivity index (χ4n) is 2.43. The van der Waals surface area contributed by atoms with Crippen LogP contribution >= 0.6 is 0 Å². The summed E-state index contributed by atoms with van der Waals surface area (Å²) in [4.78, 5) is 12.6. The van der Waals surface area contributed by atoms with Gasteiger partial charge in [0.1, 0.15) is 5.69 Å². The lowest BCUT2D eigenvalue weighted by Crippen LogP contribution is -2.32. The standard InChI is InChI=1S/C12H16N2O4/c1-18-11-6-2-5-10(12(11)14(16)17)13-7-3-4-9(13)8-15/h2,5-6,9,15H,3-4,7-8H2,1H3. The molecule has 0 aromatic heterocycles. The maximum atomic E-state index is 11.2. The summed E-state index contributed by atoms with van der Waals surface area (Å²) in [6, 6.07) is 4.96. The molecule has 0 radical (unpaired) electrons. The molecule has 1 unspecified atom stereocenters. The largest absolute Gasteiger partial charge is 0.490 e. The fourth-order valence-corrected chi connectivity index (χ4v) is 2.43. The topological polar surface area (TPSA) is 75.8 Å². The lowest BCUT2D eigenvalue weighted by molar-refractivity contribution is -0.385. The lowest BCUT2D eigenvalue weighted by atomic mass is 10.2. The second-order valence-electron chi connectivity index (χ2n) is 4.26. The fraction of sp³-hybridized carbons (Fsp3) is 0.500. The highest BCUT2D eigenvalue weighted by Gasteiger charge is 2.31. The van der Waals surface area contributed by atoms with E-state index in [0.29, 0.717) is 5.69 Å². The Morgan fingerprint density at radius 1 is 1.61 bits per heavy atom. The van der Waals surface area contributed by atoms with E-state index in [0.717, 1.165) is 19.4 Å². The van der Waals surface area contributed by atoms with Gasteiger partial charge in [0.25, 0.3) is 0 Å². The van der Waals surface area contributed by atoms with Crippen LogP contribution in [-0.4, -0.2) is 36.3 Å². The van der Waals surface area contributed by atoms with Gasteiger partial charge in [-0.15, -0.1) is 0 Å². The molecule has 0 amide bonds. The molecule has 0 aliphatic carbocycles. The molecule has 6 heteroatoms. The summed E-state index contributed by atoms with van der Waals surface area (Å²) in [7, 11) is 1.42. The van der Waals surface area contributed by atoms with Crippen LogP contribution in [-0.2, 0) is 0 Å². The summed E-state index contributed by atoms with van der Waals surface area (Å²) in [5.41, 5.74) is 0.497. The molecule has 1 atom stereocenters. The molecule has 1 fully saturated rings. The zero-order chi connectivity index (χ0) is 13.1. The molecule has 2 rings (SSSR count). The molecule has 0 spiro atoms. The predicted molar refractivity (Wildman–Crippen MR) is 67.1 cm³/mol. The first-order valence-electron chi connectivity index (χ1n) is 5.88. The Morgan fingerprint density at radius 3 is 3.00 bits per heavy atom. The first kappa shape index (κ1) is 12.6. The highest BCUT2D eigenvalue weighted by Crippen LogP contribution is 2.39. The smallest absolute Gasteiger partial charge is 0.333 e. The number of nitrogens with zero attached hydrogens (tertiary/aromatic N) is 2. The van der Waals surface area contributed by atoms with Crippen molar-refractivity contribution >= 4 is 11.4 Å². The van der Waals surface area contributed by atoms with Gasteiger partial charge in [0, 0.05) is 6.54 Å². The SMILES string of the molecule is COc1cccc(N2CCCC2CO)c1[N+](=O)[O-]. The summed E-state index contributed by atoms with van der Waals surface area (Å²) in [6.45, 7) is 0.730. The number of nitro benzene ring substituents is 1. The Labute approximate surface area is 105 Å². The summed E-state index contributed by atoms with van der Waals surface area (Å²) in [6.07, 6.45) is 1.78. The number of methoxy groups -OCH3 is 1. The number of nitro groups is 1. The summed E-state index contributed by atoms with van der Waals surface area (Å²) in [5, 5.41) is 20.5. The van der Waals surface area contributed by atoms with Gasteiger partial charge in [-0.1, -0.05) is 6.07 Å². The third-order valence-electron chi connectivity index (χ3n) is 3.28. The van der Waals surface area contributed by atoms with E-state index in [4.69, 9.17) is 4.74 Å². The number of hydrogen-bond acceptors (Lipinski definition) is 5. The zero-order valence-corrected chi connectivity index (χ0v) is 10.2. The van der Waals surface area contributed by atoms with Crippen molar-refractivity contribution in [3.05, 3.63) is 28.3 Å². The molecule has 0 bridgehead atoms. The van der Waals surface area contributed by atoms with Gasteiger partial charge >= 0.3 is 5.69 Å². The van der Waals surface area contributed by atoms with E-state index >= 15 is 0 Å². The average molecular weight is 252 g/mol. The molecule has 0 saturated carbocycles. The minimum Gasteiger partial charge on any atom is -0.490 e. The number of para-hydroxylation sites is 1. The van der Waals surface area contributed by atoms with Crippen molar-refractivity contribution in [1.29, 1.82) is 0 Å². The Bertz CT molecular complexity index is 450. The van der Waals surface area contributed by atoms with Crippen molar-refractivity contribution in [2.75, 3.05) is 25.2 Å². The van der Waals surface area contributed by atoms with E-state index in [1.165, 1.54) is 7.11 Å². The van der Waals surface area contributed by atoms with Crippen LogP contribution in [0.1, 0.15) is 12.8 Å². The Balaban J connectivity index is 2.46. The highest BCUT2D eigenvalue weighted by molar-refractivity contribution is 5.70. The second-order valence-corrected chi connectivity index (χ2v) is 4.26. The van der Waals surface area contributed by atoms with Crippen molar-refractivity contribution in [3.8, 4) is 5.75 Å². The molecule has 6 nitrogen and oxygen atoms in total. The van der Waals surface area contributed by atoms with Crippen LogP contribution in [0.4, 0.5) is 11.4 Å². The number of ether oxygens (including phenoxy) is 1. The van der Waals surface area contributed by atoms with Gasteiger partial charge in [0.05, 0.1) is 24.7 Å². The molecular weight excluding hydrogens is 236 g/mol. The summed E-state index contributed by atoms with van der Waals surface area (Å²) in [5.74, 6) is 0.251. The van der Waals surface area contributed by atoms with Crippen LogP contribution in [0.3, 0.4) is 0 Å². The molecule has 1 aliphatic heterocycles. The lowest BCUT2D eigenvalue weighted by Gasteiger charge is -2.25. The molecule has 1 N–H and O–H groups in total. The van der Waals surface area contributed by atoms with E-state index in [9.17, 15) is 15.2 Å². The number of aliphatic hydroxyl groups is 1.